The number of nitrogens with one attached hydrogen (secondary N) is 1. The van der Waals surface area contributed by atoms with Gasteiger partial charge in [0.25, 0.3) is 0 Å². The van der Waals surface area contributed by atoms with Gasteiger partial charge in [-0.3, -0.25) is 9.52 Å². The number of nitrogens with zero attached hydrogens (tertiary/aromatic N) is 1. The zero-order chi connectivity index (χ0) is 33.9. The highest BCUT2D eigenvalue weighted by Gasteiger charge is 2.16. The number of unbranched alkanes of at least 4 members (excludes halogenated alkanes) is 19. The maximum atomic E-state index is 12.7. The van der Waals surface area contributed by atoms with Gasteiger partial charge >= 0.3 is 5.97 Å². The third-order valence-corrected chi connectivity index (χ3v) is 11.2. The molecule has 0 aromatic carbocycles. The lowest BCUT2D eigenvalue weighted by Crippen LogP contribution is -2.29. The van der Waals surface area contributed by atoms with E-state index in [1.165, 1.54) is 174 Å². The van der Waals surface area contributed by atoms with Crippen LogP contribution in [-0.4, -0.2) is 54.7 Å². The van der Waals surface area contributed by atoms with Gasteiger partial charge in [0, 0.05) is 24.6 Å². The zero-order valence-electron chi connectivity index (χ0n) is 31.6. The van der Waals surface area contributed by atoms with Crippen molar-refractivity contribution in [3.05, 3.63) is 0 Å². The quantitative estimate of drug-likeness (QED) is 0.0305. The summed E-state index contributed by atoms with van der Waals surface area (Å²) >= 11 is 1.99. The minimum Gasteiger partial charge on any atom is -0.462 e. The summed E-state index contributed by atoms with van der Waals surface area (Å²) in [5.41, 5.74) is 0. The smallest absolute Gasteiger partial charge is 0.306 e. The molecule has 0 aliphatic heterocycles. The normalized spacial score (nSPS) is 13.7. The molecule has 0 amide bonds. The fraction of sp³-hybridized carbons (Fsp3) is 0.951. The van der Waals surface area contributed by atoms with Gasteiger partial charge in [0.2, 0.25) is 0 Å². The largest absolute Gasteiger partial charge is 0.462 e. The van der Waals surface area contributed by atoms with Crippen molar-refractivity contribution in [2.45, 2.75) is 224 Å². The van der Waals surface area contributed by atoms with Crippen molar-refractivity contribution >= 4 is 24.2 Å². The number of hydrogen-bond acceptors (Lipinski definition) is 6. The molecule has 0 unspecified atom stereocenters. The Morgan fingerprint density at radius 2 is 1.17 bits per heavy atom. The van der Waals surface area contributed by atoms with E-state index in [0.29, 0.717) is 6.42 Å². The second-order valence-corrected chi connectivity index (χ2v) is 15.8. The first-order valence-corrected chi connectivity index (χ1v) is 21.8. The van der Waals surface area contributed by atoms with Crippen molar-refractivity contribution < 1.29 is 14.3 Å². The average molecular weight is 681 g/mol. The molecular formula is C41H80N2O3S. The minimum absolute atomic E-state index is 0.0454. The van der Waals surface area contributed by atoms with Gasteiger partial charge in [0.15, 0.2) is 0 Å². The Morgan fingerprint density at radius 3 is 1.74 bits per heavy atom. The van der Waals surface area contributed by atoms with Gasteiger partial charge in [-0.25, -0.2) is 0 Å². The summed E-state index contributed by atoms with van der Waals surface area (Å²) in [6.07, 6.45) is 38.9. The van der Waals surface area contributed by atoms with Gasteiger partial charge in [-0.15, -0.1) is 0 Å². The Bertz CT molecular complexity index is 657. The molecule has 1 saturated carbocycles. The summed E-state index contributed by atoms with van der Waals surface area (Å²) in [7, 11) is 0. The molecule has 47 heavy (non-hydrogen) atoms. The second kappa shape index (κ2) is 35.2. The number of aldehydes is 1. The molecule has 6 heteroatoms. The molecule has 0 spiro atoms. The lowest BCUT2D eigenvalue weighted by Gasteiger charge is -2.22. The van der Waals surface area contributed by atoms with E-state index in [2.05, 4.69) is 23.5 Å². The number of ether oxygens (including phenoxy) is 1. The number of carbonyl (C=O) groups excluding carboxylic acids is 2. The molecule has 5 nitrogen and oxygen atoms in total. The van der Waals surface area contributed by atoms with Crippen LogP contribution in [-0.2, 0) is 14.3 Å². The summed E-state index contributed by atoms with van der Waals surface area (Å²) in [6.45, 7) is 9.24. The van der Waals surface area contributed by atoms with Crippen LogP contribution in [0.3, 0.4) is 0 Å². The number of hydrogen-bond donors (Lipinski definition) is 1. The van der Waals surface area contributed by atoms with E-state index in [0.717, 1.165) is 56.6 Å². The number of carbonyl (C=O) groups is 2. The van der Waals surface area contributed by atoms with Gasteiger partial charge in [-0.1, -0.05) is 141 Å². The molecule has 278 valence electrons. The average Bonchev–Trinajstić information content (AvgIpc) is 3.60. The Kier molecular flexibility index (Phi) is 33.3. The van der Waals surface area contributed by atoms with Crippen LogP contribution in [0.4, 0.5) is 0 Å². The molecule has 1 N–H and O–H groups in total. The van der Waals surface area contributed by atoms with Crippen molar-refractivity contribution in [3.63, 3.8) is 0 Å². The maximum absolute atomic E-state index is 12.7. The van der Waals surface area contributed by atoms with Crippen molar-refractivity contribution in [1.82, 2.24) is 9.62 Å². The van der Waals surface area contributed by atoms with E-state index in [9.17, 15) is 9.59 Å². The SMILES string of the molecule is CCCCCCCCC(CCCCCCCC)OC(=O)CCCCCCCN(CCCCCCCC=O)CCCNSC1CCCC1. The predicted octanol–water partition coefficient (Wildman–Crippen LogP) is 12.2. The van der Waals surface area contributed by atoms with E-state index in [4.69, 9.17) is 4.74 Å². The van der Waals surface area contributed by atoms with Gasteiger partial charge in [-0.05, 0) is 90.3 Å². The van der Waals surface area contributed by atoms with E-state index in [-0.39, 0.29) is 12.1 Å². The fourth-order valence-corrected chi connectivity index (χ4v) is 8.00. The molecule has 0 saturated heterocycles. The number of rotatable bonds is 37. The van der Waals surface area contributed by atoms with Crippen molar-refractivity contribution in [2.75, 3.05) is 26.2 Å². The van der Waals surface area contributed by atoms with Gasteiger partial charge in [0.05, 0.1) is 0 Å². The molecule has 1 aliphatic carbocycles. The lowest BCUT2D eigenvalue weighted by atomic mass is 10.0. The molecule has 0 radical (unpaired) electrons. The van der Waals surface area contributed by atoms with Crippen LogP contribution in [0.1, 0.15) is 213 Å². The van der Waals surface area contributed by atoms with Gasteiger partial charge in [0.1, 0.15) is 12.4 Å². The molecule has 0 aromatic rings. The van der Waals surface area contributed by atoms with Crippen LogP contribution in [0.25, 0.3) is 0 Å². The van der Waals surface area contributed by atoms with E-state index in [1.54, 1.807) is 0 Å². The van der Waals surface area contributed by atoms with Crippen LogP contribution in [0, 0.1) is 0 Å². The van der Waals surface area contributed by atoms with Gasteiger partial charge < -0.3 is 14.4 Å². The van der Waals surface area contributed by atoms with Crippen molar-refractivity contribution in [1.29, 1.82) is 0 Å². The summed E-state index contributed by atoms with van der Waals surface area (Å²) in [5, 5.41) is 0.837. The summed E-state index contributed by atoms with van der Waals surface area (Å²) in [5.74, 6) is 0.0454. The second-order valence-electron chi connectivity index (χ2n) is 14.6. The molecule has 0 heterocycles. The van der Waals surface area contributed by atoms with E-state index >= 15 is 0 Å². The molecule has 1 rings (SSSR count). The Morgan fingerprint density at radius 1 is 0.681 bits per heavy atom. The monoisotopic (exact) mass is 681 g/mol. The molecule has 0 atom stereocenters. The highest BCUT2D eigenvalue weighted by Crippen LogP contribution is 2.27. The summed E-state index contributed by atoms with van der Waals surface area (Å²) in [6, 6.07) is 0. The van der Waals surface area contributed by atoms with Crippen LogP contribution < -0.4 is 4.72 Å². The Balaban J connectivity index is 2.25. The molecule has 1 aliphatic rings. The predicted molar refractivity (Wildman–Crippen MR) is 206 cm³/mol. The van der Waals surface area contributed by atoms with Crippen LogP contribution in [0.2, 0.25) is 0 Å². The standard InChI is InChI=1S/C41H80N2O3S/c1-3-5-7-9-14-20-29-39(30-21-15-10-8-6-4-2)46-41(45)33-22-16-13-18-26-36-43(35-25-17-11-12-19-27-38-44)37-28-34-42-47-40-31-23-24-32-40/h38-40,42H,3-37H2,1-2H3. The Hall–Kier alpha value is -0.590. The highest BCUT2D eigenvalue weighted by molar-refractivity contribution is 7.98. The van der Waals surface area contributed by atoms with Crippen molar-refractivity contribution in [3.8, 4) is 0 Å². The first-order valence-electron chi connectivity index (χ1n) is 20.9. The summed E-state index contributed by atoms with van der Waals surface area (Å²) in [4.78, 5) is 26.0. The number of esters is 1. The molecule has 0 bridgehead atoms. The third-order valence-electron chi connectivity index (χ3n) is 10.0. The van der Waals surface area contributed by atoms with E-state index < -0.39 is 0 Å². The minimum atomic E-state index is 0.0454. The first-order chi connectivity index (χ1) is 23.2. The van der Waals surface area contributed by atoms with Crippen LogP contribution in [0.5, 0.6) is 0 Å². The van der Waals surface area contributed by atoms with Crippen molar-refractivity contribution in [2.24, 2.45) is 0 Å². The first kappa shape index (κ1) is 44.4. The lowest BCUT2D eigenvalue weighted by molar-refractivity contribution is -0.150. The topological polar surface area (TPSA) is 58.6 Å². The van der Waals surface area contributed by atoms with Gasteiger partial charge in [-0.2, -0.15) is 0 Å². The van der Waals surface area contributed by atoms with Crippen LogP contribution >= 0.6 is 11.9 Å². The fourth-order valence-electron chi connectivity index (χ4n) is 6.93. The third kappa shape index (κ3) is 30.0. The van der Waals surface area contributed by atoms with E-state index in [1.807, 2.05) is 11.9 Å². The summed E-state index contributed by atoms with van der Waals surface area (Å²) < 4.78 is 9.71. The molecular weight excluding hydrogens is 601 g/mol. The zero-order valence-corrected chi connectivity index (χ0v) is 32.4. The Labute approximate surface area is 297 Å². The maximum Gasteiger partial charge on any atom is 0.306 e. The molecule has 0 aromatic heterocycles. The molecule has 1 fully saturated rings. The van der Waals surface area contributed by atoms with Crippen LogP contribution in [0.15, 0.2) is 0 Å². The highest BCUT2D eigenvalue weighted by atomic mass is 32.2.